The van der Waals surface area contributed by atoms with Crippen molar-refractivity contribution in [1.82, 2.24) is 9.80 Å². The third-order valence-electron chi connectivity index (χ3n) is 3.16. The maximum atomic E-state index is 12.1. The van der Waals surface area contributed by atoms with Gasteiger partial charge in [-0.25, -0.2) is 0 Å². The van der Waals surface area contributed by atoms with Gasteiger partial charge in [-0.2, -0.15) is 0 Å². The van der Waals surface area contributed by atoms with E-state index < -0.39 is 0 Å². The van der Waals surface area contributed by atoms with Crippen LogP contribution in [0.3, 0.4) is 0 Å². The van der Waals surface area contributed by atoms with E-state index in [1.54, 1.807) is 0 Å². The molecule has 2 amide bonds. The van der Waals surface area contributed by atoms with Crippen molar-refractivity contribution in [3.05, 3.63) is 0 Å². The van der Waals surface area contributed by atoms with Crippen molar-refractivity contribution >= 4 is 11.8 Å². The first-order valence-electron chi connectivity index (χ1n) is 5.79. The lowest BCUT2D eigenvalue weighted by Gasteiger charge is -2.30. The lowest BCUT2D eigenvalue weighted by molar-refractivity contribution is -0.142. The minimum atomic E-state index is -0.251. The summed E-state index contributed by atoms with van der Waals surface area (Å²) in [5, 5.41) is 0. The Hall–Kier alpha value is -0.940. The number of hydrogen-bond acceptors (Lipinski definition) is 4. The summed E-state index contributed by atoms with van der Waals surface area (Å²) in [6, 6.07) is -0.287. The molecular weight excluding hydrogens is 208 g/mol. The smallest absolute Gasteiger partial charge is 0.247 e. The molecule has 5 heteroatoms. The Morgan fingerprint density at radius 1 is 1.25 bits per heavy atom. The fraction of sp³-hybridized carbons (Fsp3) is 0.818. The molecule has 2 fully saturated rings. The van der Waals surface area contributed by atoms with E-state index in [0.717, 1.165) is 13.1 Å². The molecule has 0 bridgehead atoms. The normalized spacial score (nSPS) is 28.2. The first-order valence-corrected chi connectivity index (χ1v) is 5.79. The van der Waals surface area contributed by atoms with Gasteiger partial charge < -0.3 is 4.74 Å². The van der Waals surface area contributed by atoms with Gasteiger partial charge in [0.1, 0.15) is 0 Å². The van der Waals surface area contributed by atoms with Gasteiger partial charge in [0.2, 0.25) is 11.8 Å². The monoisotopic (exact) mass is 226 g/mol. The topological polar surface area (TPSA) is 49.9 Å². The highest BCUT2D eigenvalue weighted by molar-refractivity contribution is 6.05. The van der Waals surface area contributed by atoms with Crippen molar-refractivity contribution in [1.29, 1.82) is 0 Å². The van der Waals surface area contributed by atoms with Crippen molar-refractivity contribution in [2.24, 2.45) is 0 Å². The van der Waals surface area contributed by atoms with Crippen LogP contribution in [0.4, 0.5) is 0 Å². The molecule has 0 aromatic heterocycles. The Bertz CT molecular complexity index is 298. The van der Waals surface area contributed by atoms with E-state index in [-0.39, 0.29) is 23.9 Å². The zero-order valence-electron chi connectivity index (χ0n) is 9.81. The lowest BCUT2D eigenvalue weighted by Crippen LogP contribution is -2.48. The quantitative estimate of drug-likeness (QED) is 0.615. The van der Waals surface area contributed by atoms with E-state index in [0.29, 0.717) is 19.6 Å². The highest BCUT2D eigenvalue weighted by Gasteiger charge is 2.43. The summed E-state index contributed by atoms with van der Waals surface area (Å²) in [6.07, 6.45) is 0.330. The van der Waals surface area contributed by atoms with Crippen molar-refractivity contribution in [2.45, 2.75) is 32.4 Å². The molecule has 2 heterocycles. The number of morpholine rings is 1. The van der Waals surface area contributed by atoms with Crippen molar-refractivity contribution in [3.63, 3.8) is 0 Å². The maximum Gasteiger partial charge on any atom is 0.247 e. The molecule has 1 unspecified atom stereocenters. The summed E-state index contributed by atoms with van der Waals surface area (Å²) in [4.78, 5) is 27.3. The molecule has 0 radical (unpaired) electrons. The molecule has 2 aliphatic rings. The Labute approximate surface area is 95.3 Å². The highest BCUT2D eigenvalue weighted by Crippen LogP contribution is 2.21. The van der Waals surface area contributed by atoms with E-state index in [1.807, 2.05) is 13.8 Å². The predicted octanol–water partition coefficient (Wildman–Crippen LogP) is -0.146. The van der Waals surface area contributed by atoms with E-state index in [4.69, 9.17) is 4.74 Å². The number of imide groups is 1. The van der Waals surface area contributed by atoms with E-state index in [2.05, 4.69) is 4.90 Å². The molecule has 0 aromatic rings. The molecule has 2 saturated heterocycles. The fourth-order valence-electron chi connectivity index (χ4n) is 2.35. The molecule has 0 aliphatic carbocycles. The average molecular weight is 226 g/mol. The average Bonchev–Trinajstić information content (AvgIpc) is 2.55. The summed E-state index contributed by atoms with van der Waals surface area (Å²) >= 11 is 0. The van der Waals surface area contributed by atoms with Gasteiger partial charge in [0.15, 0.2) is 0 Å². The van der Waals surface area contributed by atoms with Gasteiger partial charge >= 0.3 is 0 Å². The number of likely N-dealkylation sites (tertiary alicyclic amines) is 1. The minimum Gasteiger partial charge on any atom is -0.379 e. The van der Waals surface area contributed by atoms with Crippen LogP contribution in [0, 0.1) is 0 Å². The van der Waals surface area contributed by atoms with Gasteiger partial charge in [0.05, 0.1) is 25.7 Å². The fourth-order valence-corrected chi connectivity index (χ4v) is 2.35. The van der Waals surface area contributed by atoms with Crippen LogP contribution in [0.5, 0.6) is 0 Å². The summed E-state index contributed by atoms with van der Waals surface area (Å²) in [5.41, 5.74) is 0. The first kappa shape index (κ1) is 11.5. The second-order valence-corrected chi connectivity index (χ2v) is 4.56. The standard InChI is InChI=1S/C11H18N2O3/c1-8(2)13-10(14)7-9(11(13)15)12-3-5-16-6-4-12/h8-9H,3-7H2,1-2H3. The number of rotatable bonds is 2. The molecule has 2 rings (SSSR count). The van der Waals surface area contributed by atoms with Crippen LogP contribution in [0.25, 0.3) is 0 Å². The Morgan fingerprint density at radius 3 is 2.38 bits per heavy atom. The highest BCUT2D eigenvalue weighted by atomic mass is 16.5. The van der Waals surface area contributed by atoms with E-state index in [9.17, 15) is 9.59 Å². The van der Waals surface area contributed by atoms with Crippen LogP contribution < -0.4 is 0 Å². The van der Waals surface area contributed by atoms with Crippen molar-refractivity contribution in [3.8, 4) is 0 Å². The molecule has 2 aliphatic heterocycles. The lowest BCUT2D eigenvalue weighted by atomic mass is 10.2. The van der Waals surface area contributed by atoms with Gasteiger partial charge in [-0.3, -0.25) is 19.4 Å². The zero-order chi connectivity index (χ0) is 11.7. The van der Waals surface area contributed by atoms with Crippen molar-refractivity contribution < 1.29 is 14.3 Å². The van der Waals surface area contributed by atoms with Gasteiger partial charge in [-0.15, -0.1) is 0 Å². The van der Waals surface area contributed by atoms with Crippen LogP contribution in [-0.4, -0.2) is 60.0 Å². The van der Waals surface area contributed by atoms with Crippen LogP contribution in [-0.2, 0) is 14.3 Å². The van der Waals surface area contributed by atoms with Crippen LogP contribution in [0.15, 0.2) is 0 Å². The maximum absolute atomic E-state index is 12.1. The summed E-state index contributed by atoms with van der Waals surface area (Å²) in [5.74, 6) is -0.0848. The van der Waals surface area contributed by atoms with Crippen LogP contribution >= 0.6 is 0 Å². The largest absolute Gasteiger partial charge is 0.379 e. The number of ether oxygens (including phenoxy) is 1. The third-order valence-corrected chi connectivity index (χ3v) is 3.16. The minimum absolute atomic E-state index is 0.0361. The molecule has 5 nitrogen and oxygen atoms in total. The second-order valence-electron chi connectivity index (χ2n) is 4.56. The SMILES string of the molecule is CC(C)N1C(=O)CC(N2CCOCC2)C1=O. The Morgan fingerprint density at radius 2 is 1.88 bits per heavy atom. The molecule has 0 aromatic carbocycles. The summed E-state index contributed by atoms with van der Waals surface area (Å²) in [6.45, 7) is 6.54. The Kier molecular flexibility index (Phi) is 3.25. The number of carbonyl (C=O) groups excluding carboxylic acids is 2. The van der Waals surface area contributed by atoms with Crippen LogP contribution in [0.1, 0.15) is 20.3 Å². The van der Waals surface area contributed by atoms with Gasteiger partial charge in [0, 0.05) is 19.1 Å². The third kappa shape index (κ3) is 1.97. The molecule has 90 valence electrons. The molecule has 0 N–H and O–H groups in total. The molecule has 0 spiro atoms. The van der Waals surface area contributed by atoms with E-state index >= 15 is 0 Å². The summed E-state index contributed by atoms with van der Waals surface area (Å²) in [7, 11) is 0. The first-order chi connectivity index (χ1) is 7.61. The number of amides is 2. The van der Waals surface area contributed by atoms with Gasteiger partial charge in [-0.05, 0) is 13.8 Å². The summed E-state index contributed by atoms with van der Waals surface area (Å²) < 4.78 is 5.24. The number of carbonyl (C=O) groups is 2. The van der Waals surface area contributed by atoms with Gasteiger partial charge in [0.25, 0.3) is 0 Å². The van der Waals surface area contributed by atoms with Crippen LogP contribution in [0.2, 0.25) is 0 Å². The molecule has 0 saturated carbocycles. The zero-order valence-corrected chi connectivity index (χ0v) is 9.81. The molecule has 1 atom stereocenters. The van der Waals surface area contributed by atoms with E-state index in [1.165, 1.54) is 4.90 Å². The number of hydrogen-bond donors (Lipinski definition) is 0. The van der Waals surface area contributed by atoms with Crippen molar-refractivity contribution in [2.75, 3.05) is 26.3 Å². The van der Waals surface area contributed by atoms with Gasteiger partial charge in [-0.1, -0.05) is 0 Å². The molecule has 16 heavy (non-hydrogen) atoms. The predicted molar refractivity (Wildman–Crippen MR) is 57.8 cm³/mol. The molecular formula is C11H18N2O3. The second kappa shape index (κ2) is 4.51. The Balaban J connectivity index is 2.07. The number of nitrogens with zero attached hydrogens (tertiary/aromatic N) is 2.